The van der Waals surface area contributed by atoms with Crippen molar-refractivity contribution < 1.29 is 28.7 Å². The Bertz CT molecular complexity index is 1280. The summed E-state index contributed by atoms with van der Waals surface area (Å²) in [4.78, 5) is 14.2. The predicted octanol–water partition coefficient (Wildman–Crippen LogP) is 3.46. The van der Waals surface area contributed by atoms with Crippen molar-refractivity contribution in [2.24, 2.45) is 0 Å². The van der Waals surface area contributed by atoms with E-state index in [1.165, 1.54) is 0 Å². The van der Waals surface area contributed by atoms with Crippen LogP contribution in [0.25, 0.3) is 11.1 Å². The highest BCUT2D eigenvalue weighted by Gasteiger charge is 2.50. The molecule has 0 spiro atoms. The molecule has 1 saturated heterocycles. The standard InChI is InChI=1S/C28H27NO5S.H2O/c30-27(28(10-11-28)23-6-9-25-26(18-23)34-19-33-25)17-20-2-1-3-22(16-20)21-4-7-24(8-5-21)35(31)29-12-14-32-15-13-29;/h1-9,16,18H,10-15,17,19H2;1H2. The zero-order valence-corrected chi connectivity index (χ0v) is 20.7. The number of hydrogen-bond acceptors (Lipinski definition) is 5. The molecule has 7 nitrogen and oxygen atoms in total. The summed E-state index contributed by atoms with van der Waals surface area (Å²) in [5, 5.41) is 0. The molecule has 3 aromatic rings. The lowest BCUT2D eigenvalue weighted by Crippen LogP contribution is -2.37. The smallest absolute Gasteiger partial charge is 0.231 e. The number of hydrogen-bond donors (Lipinski definition) is 0. The molecule has 1 atom stereocenters. The van der Waals surface area contributed by atoms with Gasteiger partial charge in [0.25, 0.3) is 0 Å². The molecule has 2 N–H and O–H groups in total. The molecule has 2 heterocycles. The third-order valence-corrected chi connectivity index (χ3v) is 8.60. The summed E-state index contributed by atoms with van der Waals surface area (Å²) in [6.07, 6.45) is 2.13. The molecule has 0 bridgehead atoms. The van der Waals surface area contributed by atoms with Crippen LogP contribution < -0.4 is 9.47 Å². The summed E-state index contributed by atoms with van der Waals surface area (Å²) in [6, 6.07) is 21.9. The summed E-state index contributed by atoms with van der Waals surface area (Å²) < 4.78 is 31.1. The molecule has 8 heteroatoms. The van der Waals surface area contributed by atoms with Gasteiger partial charge in [0.15, 0.2) is 11.5 Å². The van der Waals surface area contributed by atoms with Crippen molar-refractivity contribution in [3.8, 4) is 22.6 Å². The van der Waals surface area contributed by atoms with E-state index in [0.29, 0.717) is 32.7 Å². The van der Waals surface area contributed by atoms with E-state index < -0.39 is 16.4 Å². The predicted molar refractivity (Wildman–Crippen MR) is 136 cm³/mol. The molecule has 2 aliphatic heterocycles. The largest absolute Gasteiger partial charge is 0.454 e. The van der Waals surface area contributed by atoms with E-state index >= 15 is 0 Å². The van der Waals surface area contributed by atoms with Crippen LogP contribution >= 0.6 is 0 Å². The van der Waals surface area contributed by atoms with Crippen molar-refractivity contribution in [2.75, 3.05) is 33.1 Å². The Labute approximate surface area is 212 Å². The van der Waals surface area contributed by atoms with Crippen LogP contribution in [0.4, 0.5) is 0 Å². The van der Waals surface area contributed by atoms with E-state index in [1.807, 2.05) is 65.0 Å². The highest BCUT2D eigenvalue weighted by molar-refractivity contribution is 7.82. The van der Waals surface area contributed by atoms with Gasteiger partial charge in [-0.25, -0.2) is 8.51 Å². The molecule has 2 fully saturated rings. The van der Waals surface area contributed by atoms with Crippen LogP contribution in [0.3, 0.4) is 0 Å². The minimum absolute atomic E-state index is 0. The molecule has 188 valence electrons. The summed E-state index contributed by atoms with van der Waals surface area (Å²) >= 11 is 0. The second-order valence-electron chi connectivity index (χ2n) is 9.27. The number of carbonyl (C=O) groups is 1. The first-order valence-electron chi connectivity index (χ1n) is 12.0. The first-order chi connectivity index (χ1) is 17.1. The Hall–Kier alpha value is -3.04. The number of fused-ring (bicyclic) bond motifs is 1. The van der Waals surface area contributed by atoms with Gasteiger partial charge in [-0.15, -0.1) is 0 Å². The van der Waals surface area contributed by atoms with Crippen LogP contribution in [0, 0.1) is 0 Å². The molecular formula is C28H29NO6S. The topological polar surface area (TPSA) is 96.6 Å². The van der Waals surface area contributed by atoms with Crippen molar-refractivity contribution in [3.63, 3.8) is 0 Å². The first kappa shape index (κ1) is 24.6. The van der Waals surface area contributed by atoms with Crippen LogP contribution in [0.15, 0.2) is 71.6 Å². The van der Waals surface area contributed by atoms with Gasteiger partial charge in [0, 0.05) is 19.5 Å². The van der Waals surface area contributed by atoms with Gasteiger partial charge in [-0.2, -0.15) is 0 Å². The van der Waals surface area contributed by atoms with E-state index in [0.717, 1.165) is 51.5 Å². The molecule has 36 heavy (non-hydrogen) atoms. The van der Waals surface area contributed by atoms with Gasteiger partial charge in [0.1, 0.15) is 16.8 Å². The molecule has 1 unspecified atom stereocenters. The number of carbonyl (C=O) groups excluding carboxylic acids is 1. The molecule has 0 radical (unpaired) electrons. The number of Topliss-reactive ketones (excluding diaryl/α,β-unsaturated/α-hetero) is 1. The first-order valence-corrected chi connectivity index (χ1v) is 13.1. The maximum Gasteiger partial charge on any atom is 0.231 e. The van der Waals surface area contributed by atoms with Crippen molar-refractivity contribution in [1.82, 2.24) is 4.31 Å². The van der Waals surface area contributed by atoms with E-state index in [4.69, 9.17) is 14.2 Å². The van der Waals surface area contributed by atoms with Gasteiger partial charge in [-0.05, 0) is 59.4 Å². The van der Waals surface area contributed by atoms with Crippen molar-refractivity contribution in [3.05, 3.63) is 77.9 Å². The SMILES string of the molecule is O.O=C(Cc1cccc(-c2ccc(S(=O)N3CCOCC3)cc2)c1)C1(c2ccc3c(c2)OCO3)CC1. The van der Waals surface area contributed by atoms with Gasteiger partial charge in [0.2, 0.25) is 6.79 Å². The normalized spacial score (nSPS) is 18.8. The third kappa shape index (κ3) is 4.69. The number of ketones is 1. The van der Waals surface area contributed by atoms with E-state index in [9.17, 15) is 9.00 Å². The van der Waals surface area contributed by atoms with Gasteiger partial charge in [-0.3, -0.25) is 4.79 Å². The quantitative estimate of drug-likeness (QED) is 0.488. The van der Waals surface area contributed by atoms with Crippen molar-refractivity contribution >= 4 is 16.8 Å². The number of ether oxygens (including phenoxy) is 3. The molecular weight excluding hydrogens is 478 g/mol. The van der Waals surface area contributed by atoms with Gasteiger partial charge < -0.3 is 19.7 Å². The Morgan fingerprint density at radius 1 is 0.889 bits per heavy atom. The van der Waals surface area contributed by atoms with Crippen LogP contribution in [-0.4, -0.2) is 52.9 Å². The lowest BCUT2D eigenvalue weighted by molar-refractivity contribution is -0.120. The van der Waals surface area contributed by atoms with Crippen LogP contribution in [-0.2, 0) is 32.4 Å². The van der Waals surface area contributed by atoms with E-state index in [2.05, 4.69) is 6.07 Å². The summed E-state index contributed by atoms with van der Waals surface area (Å²) in [7, 11) is -1.18. The third-order valence-electron chi connectivity index (χ3n) is 7.09. The fourth-order valence-electron chi connectivity index (χ4n) is 4.89. The second-order valence-corrected chi connectivity index (χ2v) is 10.8. The maximum atomic E-state index is 13.4. The van der Waals surface area contributed by atoms with Gasteiger partial charge >= 0.3 is 0 Å². The zero-order valence-electron chi connectivity index (χ0n) is 19.9. The summed E-state index contributed by atoms with van der Waals surface area (Å²) in [5.41, 5.74) is 3.69. The van der Waals surface area contributed by atoms with Gasteiger partial charge in [-0.1, -0.05) is 42.5 Å². The number of morpholine rings is 1. The molecule has 3 aromatic carbocycles. The maximum absolute atomic E-state index is 13.4. The Morgan fingerprint density at radius 3 is 2.39 bits per heavy atom. The average Bonchev–Trinajstić information content (AvgIpc) is 3.60. The Morgan fingerprint density at radius 2 is 1.64 bits per heavy atom. The molecule has 1 saturated carbocycles. The highest BCUT2D eigenvalue weighted by atomic mass is 32.2. The van der Waals surface area contributed by atoms with Crippen LogP contribution in [0.2, 0.25) is 0 Å². The van der Waals surface area contributed by atoms with Gasteiger partial charge in [0.05, 0.1) is 23.5 Å². The van der Waals surface area contributed by atoms with Crippen molar-refractivity contribution in [2.45, 2.75) is 29.6 Å². The molecule has 0 aromatic heterocycles. The number of rotatable bonds is 7. The number of benzene rings is 3. The van der Waals surface area contributed by atoms with Crippen molar-refractivity contribution in [1.29, 1.82) is 0 Å². The summed E-state index contributed by atoms with van der Waals surface area (Å²) in [5.74, 6) is 1.70. The minimum Gasteiger partial charge on any atom is -0.454 e. The summed E-state index contributed by atoms with van der Waals surface area (Å²) in [6.45, 7) is 2.82. The van der Waals surface area contributed by atoms with E-state index in [-0.39, 0.29) is 18.1 Å². The van der Waals surface area contributed by atoms with Crippen LogP contribution in [0.5, 0.6) is 11.5 Å². The molecule has 0 amide bonds. The molecule has 6 rings (SSSR count). The molecule has 1 aliphatic carbocycles. The van der Waals surface area contributed by atoms with Crippen LogP contribution in [0.1, 0.15) is 24.0 Å². The lowest BCUT2D eigenvalue weighted by atomic mass is 9.87. The zero-order chi connectivity index (χ0) is 23.8. The minimum atomic E-state index is -1.18. The fraction of sp³-hybridized carbons (Fsp3) is 0.321. The molecule has 3 aliphatic rings. The Kier molecular flexibility index (Phi) is 6.94. The number of nitrogens with zero attached hydrogens (tertiary/aromatic N) is 1. The second kappa shape index (κ2) is 10.1. The lowest BCUT2D eigenvalue weighted by Gasteiger charge is -2.25. The van der Waals surface area contributed by atoms with E-state index in [1.54, 1.807) is 0 Å². The fourth-order valence-corrected chi connectivity index (χ4v) is 6.04. The average molecular weight is 508 g/mol. The Balaban J connectivity index is 0.00000267. The highest BCUT2D eigenvalue weighted by Crippen LogP contribution is 2.51. The monoisotopic (exact) mass is 507 g/mol.